The molecule has 0 atom stereocenters. The summed E-state index contributed by atoms with van der Waals surface area (Å²) in [6, 6.07) is 5.96. The summed E-state index contributed by atoms with van der Waals surface area (Å²) < 4.78 is 5.24. The molecule has 0 aliphatic carbocycles. The minimum Gasteiger partial charge on any atom is -0.496 e. The van der Waals surface area contributed by atoms with Gasteiger partial charge in [-0.05, 0) is 17.5 Å². The molecule has 4 N–H and O–H groups in total. The molecule has 0 amide bonds. The van der Waals surface area contributed by atoms with Crippen LogP contribution >= 0.6 is 0 Å². The second-order valence-corrected chi connectivity index (χ2v) is 3.68. The Morgan fingerprint density at radius 2 is 1.86 bits per heavy atom. The average Bonchev–Trinajstić information content (AvgIpc) is 2.16. The number of nitrogens with two attached hydrogens (primary N) is 2. The number of ether oxygens (including phenoxy) is 1. The molecule has 0 aliphatic heterocycles. The highest BCUT2D eigenvalue weighted by Crippen LogP contribution is 2.26. The van der Waals surface area contributed by atoms with Gasteiger partial charge < -0.3 is 16.2 Å². The number of rotatable bonds is 3. The van der Waals surface area contributed by atoms with Gasteiger partial charge in [0.05, 0.1) is 13.3 Å². The predicted molar refractivity (Wildman–Crippen MR) is 58.2 cm³/mol. The third-order valence-electron chi connectivity index (χ3n) is 2.28. The van der Waals surface area contributed by atoms with Crippen LogP contribution in [0.3, 0.4) is 0 Å². The van der Waals surface area contributed by atoms with E-state index < -0.39 is 6.17 Å². The molecular weight excluding hydrogens is 176 g/mol. The molecule has 0 spiro atoms. The lowest BCUT2D eigenvalue weighted by molar-refractivity contribution is 0.405. The molecule has 0 bridgehead atoms. The molecule has 0 radical (unpaired) electrons. The molecule has 0 heterocycles. The van der Waals surface area contributed by atoms with Crippen molar-refractivity contribution in [1.82, 2.24) is 0 Å². The van der Waals surface area contributed by atoms with Crippen LogP contribution in [0.2, 0.25) is 0 Å². The second-order valence-electron chi connectivity index (χ2n) is 3.68. The van der Waals surface area contributed by atoms with Gasteiger partial charge in [-0.15, -0.1) is 0 Å². The van der Waals surface area contributed by atoms with Crippen molar-refractivity contribution in [3.63, 3.8) is 0 Å². The fraction of sp³-hybridized carbons (Fsp3) is 0.455. The molecule has 78 valence electrons. The summed E-state index contributed by atoms with van der Waals surface area (Å²) in [6.45, 7) is 4.27. The summed E-state index contributed by atoms with van der Waals surface area (Å²) in [4.78, 5) is 0. The molecule has 14 heavy (non-hydrogen) atoms. The third kappa shape index (κ3) is 2.25. The van der Waals surface area contributed by atoms with Crippen molar-refractivity contribution in [3.8, 4) is 5.75 Å². The lowest BCUT2D eigenvalue weighted by Gasteiger charge is -2.14. The largest absolute Gasteiger partial charge is 0.496 e. The quantitative estimate of drug-likeness (QED) is 0.720. The predicted octanol–water partition coefficient (Wildman–Crippen LogP) is 1.73. The fourth-order valence-corrected chi connectivity index (χ4v) is 1.36. The first kappa shape index (κ1) is 11.0. The lowest BCUT2D eigenvalue weighted by atomic mass is 10.0. The van der Waals surface area contributed by atoms with Crippen molar-refractivity contribution in [2.45, 2.75) is 25.9 Å². The van der Waals surface area contributed by atoms with E-state index in [0.717, 1.165) is 11.3 Å². The maximum Gasteiger partial charge on any atom is 0.125 e. The minimum absolute atomic E-state index is 0.479. The highest BCUT2D eigenvalue weighted by Gasteiger charge is 2.09. The van der Waals surface area contributed by atoms with Crippen LogP contribution in [0.25, 0.3) is 0 Å². The standard InChI is InChI=1S/C11H18N2O/c1-7(2)8-4-5-9(11(12)13)10(6-8)14-3/h4-7,11H,12-13H2,1-3H3. The molecule has 3 heteroatoms. The van der Waals surface area contributed by atoms with Gasteiger partial charge in [-0.3, -0.25) is 0 Å². The summed E-state index contributed by atoms with van der Waals surface area (Å²) in [7, 11) is 1.63. The topological polar surface area (TPSA) is 61.3 Å². The highest BCUT2D eigenvalue weighted by atomic mass is 16.5. The van der Waals surface area contributed by atoms with Crippen LogP contribution in [0.5, 0.6) is 5.75 Å². The van der Waals surface area contributed by atoms with Crippen molar-refractivity contribution in [2.75, 3.05) is 7.11 Å². The first-order valence-corrected chi connectivity index (χ1v) is 4.75. The highest BCUT2D eigenvalue weighted by molar-refractivity contribution is 5.40. The maximum absolute atomic E-state index is 5.61. The van der Waals surface area contributed by atoms with E-state index in [-0.39, 0.29) is 0 Å². The van der Waals surface area contributed by atoms with Gasteiger partial charge >= 0.3 is 0 Å². The smallest absolute Gasteiger partial charge is 0.125 e. The summed E-state index contributed by atoms with van der Waals surface area (Å²) in [5.41, 5.74) is 13.3. The van der Waals surface area contributed by atoms with Gasteiger partial charge in [0.2, 0.25) is 0 Å². The van der Waals surface area contributed by atoms with Crippen molar-refractivity contribution in [3.05, 3.63) is 29.3 Å². The maximum atomic E-state index is 5.61. The molecule has 0 saturated heterocycles. The second kappa shape index (κ2) is 4.44. The van der Waals surface area contributed by atoms with Crippen LogP contribution < -0.4 is 16.2 Å². The van der Waals surface area contributed by atoms with Crippen molar-refractivity contribution >= 4 is 0 Å². The molecule has 0 aliphatic rings. The Morgan fingerprint density at radius 1 is 1.21 bits per heavy atom. The van der Waals surface area contributed by atoms with E-state index in [1.807, 2.05) is 18.2 Å². The van der Waals surface area contributed by atoms with Gasteiger partial charge in [-0.25, -0.2) is 0 Å². The van der Waals surface area contributed by atoms with E-state index in [0.29, 0.717) is 5.92 Å². The molecule has 1 aromatic carbocycles. The third-order valence-corrected chi connectivity index (χ3v) is 2.28. The first-order chi connectivity index (χ1) is 6.56. The zero-order valence-corrected chi connectivity index (χ0v) is 8.95. The van der Waals surface area contributed by atoms with E-state index in [1.165, 1.54) is 5.56 Å². The Bertz CT molecular complexity index is 308. The Kier molecular flexibility index (Phi) is 3.49. The SMILES string of the molecule is COc1cc(C(C)C)ccc1C(N)N. The van der Waals surface area contributed by atoms with Crippen LogP contribution in [-0.4, -0.2) is 7.11 Å². The van der Waals surface area contributed by atoms with E-state index in [2.05, 4.69) is 13.8 Å². The molecule has 1 aromatic rings. The van der Waals surface area contributed by atoms with Gasteiger partial charge in [-0.2, -0.15) is 0 Å². The Morgan fingerprint density at radius 3 is 2.29 bits per heavy atom. The minimum atomic E-state index is -0.480. The average molecular weight is 194 g/mol. The lowest BCUT2D eigenvalue weighted by Crippen LogP contribution is -2.20. The summed E-state index contributed by atoms with van der Waals surface area (Å²) in [5, 5.41) is 0. The Balaban J connectivity index is 3.11. The molecule has 1 rings (SSSR count). The van der Waals surface area contributed by atoms with Crippen LogP contribution in [0.1, 0.15) is 37.1 Å². The van der Waals surface area contributed by atoms with Crippen molar-refractivity contribution in [2.24, 2.45) is 11.5 Å². The monoisotopic (exact) mass is 194 g/mol. The first-order valence-electron chi connectivity index (χ1n) is 4.75. The number of hydrogen-bond acceptors (Lipinski definition) is 3. The van der Waals surface area contributed by atoms with Gasteiger partial charge in [0.15, 0.2) is 0 Å². The molecule has 3 nitrogen and oxygen atoms in total. The van der Waals surface area contributed by atoms with E-state index in [1.54, 1.807) is 7.11 Å². The van der Waals surface area contributed by atoms with Gasteiger partial charge in [0.1, 0.15) is 5.75 Å². The van der Waals surface area contributed by atoms with E-state index >= 15 is 0 Å². The molecular formula is C11H18N2O. The van der Waals surface area contributed by atoms with Crippen molar-refractivity contribution in [1.29, 1.82) is 0 Å². The number of hydrogen-bond donors (Lipinski definition) is 2. The summed E-state index contributed by atoms with van der Waals surface area (Å²) >= 11 is 0. The van der Waals surface area contributed by atoms with Crippen LogP contribution in [0.4, 0.5) is 0 Å². The van der Waals surface area contributed by atoms with Crippen LogP contribution in [-0.2, 0) is 0 Å². The molecule has 0 aromatic heterocycles. The van der Waals surface area contributed by atoms with Crippen LogP contribution in [0, 0.1) is 0 Å². The van der Waals surface area contributed by atoms with Gasteiger partial charge in [0, 0.05) is 5.56 Å². The summed E-state index contributed by atoms with van der Waals surface area (Å²) in [6.07, 6.45) is -0.480. The van der Waals surface area contributed by atoms with Crippen molar-refractivity contribution < 1.29 is 4.74 Å². The van der Waals surface area contributed by atoms with E-state index in [9.17, 15) is 0 Å². The summed E-state index contributed by atoms with van der Waals surface area (Å²) in [5.74, 6) is 1.25. The van der Waals surface area contributed by atoms with Crippen LogP contribution in [0.15, 0.2) is 18.2 Å². The number of methoxy groups -OCH3 is 1. The number of benzene rings is 1. The zero-order chi connectivity index (χ0) is 10.7. The van der Waals surface area contributed by atoms with Gasteiger partial charge in [0.25, 0.3) is 0 Å². The zero-order valence-electron chi connectivity index (χ0n) is 8.95. The Labute approximate surface area is 85.0 Å². The van der Waals surface area contributed by atoms with E-state index in [4.69, 9.17) is 16.2 Å². The normalized spacial score (nSPS) is 11.1. The van der Waals surface area contributed by atoms with Gasteiger partial charge in [-0.1, -0.05) is 26.0 Å². The molecule has 0 saturated carbocycles. The fourth-order valence-electron chi connectivity index (χ4n) is 1.36. The molecule has 0 fully saturated rings. The molecule has 0 unspecified atom stereocenters. The Hall–Kier alpha value is -1.06.